The summed E-state index contributed by atoms with van der Waals surface area (Å²) in [6.45, 7) is 13.7. The van der Waals surface area contributed by atoms with Crippen molar-refractivity contribution in [1.29, 1.82) is 0 Å². The number of benzene rings is 1. The second-order valence-electron chi connectivity index (χ2n) is 11.3. The summed E-state index contributed by atoms with van der Waals surface area (Å²) in [5.41, 5.74) is 1.81. The van der Waals surface area contributed by atoms with Crippen LogP contribution in [0.3, 0.4) is 0 Å². The highest BCUT2D eigenvalue weighted by atomic mass is 32.2. The number of hydrogen-bond acceptors (Lipinski definition) is 6. The minimum Gasteiger partial charge on any atom is -0.444 e. The quantitative estimate of drug-likeness (QED) is 0.670. The molecule has 4 heterocycles. The van der Waals surface area contributed by atoms with E-state index in [2.05, 4.69) is 47.9 Å². The van der Waals surface area contributed by atoms with Crippen molar-refractivity contribution in [1.82, 2.24) is 4.90 Å². The van der Waals surface area contributed by atoms with E-state index in [0.717, 1.165) is 30.9 Å². The van der Waals surface area contributed by atoms with Crippen molar-refractivity contribution in [2.24, 2.45) is 11.3 Å². The van der Waals surface area contributed by atoms with E-state index in [-0.39, 0.29) is 29.1 Å². The summed E-state index contributed by atoms with van der Waals surface area (Å²) >= 11 is 0. The van der Waals surface area contributed by atoms with Crippen LogP contribution in [0.5, 0.6) is 0 Å². The maximum absolute atomic E-state index is 12.8. The van der Waals surface area contributed by atoms with Crippen LogP contribution < -0.4 is 9.80 Å². The van der Waals surface area contributed by atoms with Gasteiger partial charge in [0.2, 0.25) is 0 Å². The van der Waals surface area contributed by atoms with Gasteiger partial charge >= 0.3 is 6.09 Å². The van der Waals surface area contributed by atoms with Crippen molar-refractivity contribution in [3.63, 3.8) is 0 Å². The molecule has 0 radical (unpaired) electrons. The zero-order chi connectivity index (χ0) is 23.3. The lowest BCUT2D eigenvalue weighted by Crippen LogP contribution is -2.54. The molecule has 7 nitrogen and oxygen atoms in total. The lowest BCUT2D eigenvalue weighted by molar-refractivity contribution is 0.0240. The van der Waals surface area contributed by atoms with Crippen molar-refractivity contribution in [3.05, 3.63) is 24.3 Å². The van der Waals surface area contributed by atoms with E-state index in [1.165, 1.54) is 0 Å². The average Bonchev–Trinajstić information content (AvgIpc) is 2.94. The van der Waals surface area contributed by atoms with E-state index in [9.17, 15) is 13.2 Å². The van der Waals surface area contributed by atoms with Crippen LogP contribution in [0.2, 0.25) is 0 Å². The van der Waals surface area contributed by atoms with Gasteiger partial charge < -0.3 is 19.4 Å². The van der Waals surface area contributed by atoms with Gasteiger partial charge in [0.25, 0.3) is 0 Å². The van der Waals surface area contributed by atoms with Gasteiger partial charge in [-0.3, -0.25) is 0 Å². The SMILES string of the molecule is CC(C)(C)OC(=O)N1CC2N(c3ccc(N4CCS(=O)(=O)CC4)cc3)C[C@@H](C1)CC2(C)C. The number of ether oxygens (including phenoxy) is 1. The molecule has 32 heavy (non-hydrogen) atoms. The minimum atomic E-state index is -2.89. The molecule has 1 amide bonds. The first kappa shape index (κ1) is 23.2. The molecule has 0 saturated carbocycles. The third kappa shape index (κ3) is 5.00. The monoisotopic (exact) mass is 463 g/mol. The van der Waals surface area contributed by atoms with Gasteiger partial charge in [-0.25, -0.2) is 13.2 Å². The lowest BCUT2D eigenvalue weighted by Gasteiger charge is -2.48. The van der Waals surface area contributed by atoms with E-state index < -0.39 is 15.4 Å². The molecule has 4 saturated heterocycles. The summed E-state index contributed by atoms with van der Waals surface area (Å²) in [4.78, 5) is 19.4. The minimum absolute atomic E-state index is 0.0829. The fourth-order valence-electron chi connectivity index (χ4n) is 5.42. The summed E-state index contributed by atoms with van der Waals surface area (Å²) in [5.74, 6) is 0.835. The van der Waals surface area contributed by atoms with E-state index in [1.54, 1.807) is 0 Å². The summed E-state index contributed by atoms with van der Waals surface area (Å²) in [7, 11) is -2.89. The molecule has 1 unspecified atom stereocenters. The Balaban J connectivity index is 1.52. The van der Waals surface area contributed by atoms with Gasteiger partial charge in [-0.1, -0.05) is 13.8 Å². The molecule has 1 aromatic carbocycles. The average molecular weight is 464 g/mol. The van der Waals surface area contributed by atoms with Crippen LogP contribution in [0.25, 0.3) is 0 Å². The van der Waals surface area contributed by atoms with Crippen LogP contribution in [0.15, 0.2) is 24.3 Å². The molecule has 178 valence electrons. The first-order chi connectivity index (χ1) is 14.8. The molecule has 2 atom stereocenters. The number of anilines is 2. The van der Waals surface area contributed by atoms with Crippen molar-refractivity contribution in [3.8, 4) is 0 Å². The maximum Gasteiger partial charge on any atom is 0.410 e. The molecule has 4 fully saturated rings. The Morgan fingerprint density at radius 3 is 2.19 bits per heavy atom. The van der Waals surface area contributed by atoms with Gasteiger partial charge in [0.1, 0.15) is 5.60 Å². The highest BCUT2D eigenvalue weighted by Crippen LogP contribution is 2.43. The summed E-state index contributed by atoms with van der Waals surface area (Å²) in [6.07, 6.45) is 0.871. The molecular weight excluding hydrogens is 426 g/mol. The van der Waals surface area contributed by atoms with Crippen molar-refractivity contribution >= 4 is 27.3 Å². The molecule has 0 spiro atoms. The van der Waals surface area contributed by atoms with Crippen LogP contribution >= 0.6 is 0 Å². The molecule has 0 aromatic heterocycles. The number of sulfone groups is 1. The van der Waals surface area contributed by atoms with Crippen LogP contribution in [-0.4, -0.2) is 75.3 Å². The predicted molar refractivity (Wildman–Crippen MR) is 128 cm³/mol. The van der Waals surface area contributed by atoms with Crippen molar-refractivity contribution in [2.75, 3.05) is 54.0 Å². The number of nitrogens with zero attached hydrogens (tertiary/aromatic N) is 3. The molecule has 2 bridgehead atoms. The Morgan fingerprint density at radius 2 is 1.59 bits per heavy atom. The molecule has 0 N–H and O–H groups in total. The van der Waals surface area contributed by atoms with E-state index in [4.69, 9.17) is 4.74 Å². The van der Waals surface area contributed by atoms with Gasteiger partial charge in [0.05, 0.1) is 17.5 Å². The summed E-state index contributed by atoms with van der Waals surface area (Å²) in [5, 5.41) is 0. The Morgan fingerprint density at radius 1 is 1.00 bits per heavy atom. The number of amides is 1. The molecular formula is C24H37N3O4S. The summed E-state index contributed by atoms with van der Waals surface area (Å²) < 4.78 is 29.2. The first-order valence-electron chi connectivity index (χ1n) is 11.6. The third-order valence-electron chi connectivity index (χ3n) is 6.96. The van der Waals surface area contributed by atoms with Crippen molar-refractivity contribution in [2.45, 2.75) is 52.7 Å². The lowest BCUT2D eigenvalue weighted by atomic mass is 9.73. The number of carbonyl (C=O) groups excluding carboxylic acids is 1. The first-order valence-corrected chi connectivity index (χ1v) is 13.5. The zero-order valence-corrected chi connectivity index (χ0v) is 20.8. The topological polar surface area (TPSA) is 70.2 Å². The second-order valence-corrected chi connectivity index (χ2v) is 13.6. The number of hydrogen-bond donors (Lipinski definition) is 0. The van der Waals surface area contributed by atoms with E-state index in [0.29, 0.717) is 25.6 Å². The van der Waals surface area contributed by atoms with Crippen LogP contribution in [-0.2, 0) is 14.6 Å². The normalized spacial score (nSPS) is 27.2. The number of carbonyl (C=O) groups is 1. The maximum atomic E-state index is 12.8. The Bertz CT molecular complexity index is 938. The zero-order valence-electron chi connectivity index (χ0n) is 20.0. The Kier molecular flexibility index (Phi) is 5.89. The highest BCUT2D eigenvalue weighted by molar-refractivity contribution is 7.91. The van der Waals surface area contributed by atoms with E-state index in [1.807, 2.05) is 25.7 Å². The van der Waals surface area contributed by atoms with Gasteiger partial charge in [0, 0.05) is 44.1 Å². The predicted octanol–water partition coefficient (Wildman–Crippen LogP) is 3.39. The smallest absolute Gasteiger partial charge is 0.410 e. The number of fused-ring (bicyclic) bond motifs is 4. The Labute approximate surface area is 192 Å². The third-order valence-corrected chi connectivity index (χ3v) is 8.57. The fourth-order valence-corrected chi connectivity index (χ4v) is 6.62. The van der Waals surface area contributed by atoms with Crippen LogP contribution in [0.4, 0.5) is 16.2 Å². The highest BCUT2D eigenvalue weighted by Gasteiger charge is 2.47. The standard InChI is InChI=1S/C24H37N3O4S/c1-23(2,3)31-22(28)26-15-18-14-24(4,5)21(17-26)27(16-18)20-8-6-19(7-9-20)25-10-12-32(29,30)13-11-25/h6-9,18,21H,10-17H2,1-5H3/t18-,21?/m1/s1. The molecule has 4 aliphatic heterocycles. The molecule has 5 rings (SSSR count). The number of piperidine rings is 1. The van der Waals surface area contributed by atoms with E-state index >= 15 is 0 Å². The molecule has 0 aliphatic carbocycles. The largest absolute Gasteiger partial charge is 0.444 e. The number of rotatable bonds is 2. The van der Waals surface area contributed by atoms with Gasteiger partial charge in [-0.15, -0.1) is 0 Å². The van der Waals surface area contributed by atoms with Gasteiger partial charge in [-0.05, 0) is 62.8 Å². The van der Waals surface area contributed by atoms with Crippen LogP contribution in [0, 0.1) is 11.3 Å². The van der Waals surface area contributed by atoms with Crippen molar-refractivity contribution < 1.29 is 17.9 Å². The van der Waals surface area contributed by atoms with Gasteiger partial charge in [0.15, 0.2) is 9.84 Å². The summed E-state index contributed by atoms with van der Waals surface area (Å²) in [6, 6.07) is 8.70. The fraction of sp³-hybridized carbons (Fsp3) is 0.708. The molecule has 8 heteroatoms. The molecule has 4 aliphatic rings. The Hall–Kier alpha value is -1.96. The van der Waals surface area contributed by atoms with Gasteiger partial charge in [-0.2, -0.15) is 0 Å². The molecule has 1 aromatic rings. The van der Waals surface area contributed by atoms with Crippen LogP contribution in [0.1, 0.15) is 41.0 Å². The second kappa shape index (κ2) is 8.12.